The number of hydrogen-bond acceptors (Lipinski definition) is 2. The first-order valence-electron chi connectivity index (χ1n) is 11.2. The van der Waals surface area contributed by atoms with Gasteiger partial charge in [-0.2, -0.15) is 0 Å². The number of carbonyl (C=O) groups is 1. The zero-order valence-corrected chi connectivity index (χ0v) is 17.9. The van der Waals surface area contributed by atoms with Crippen molar-refractivity contribution in [1.82, 2.24) is 9.88 Å². The molecule has 2 saturated carbocycles. The van der Waals surface area contributed by atoms with Gasteiger partial charge in [-0.1, -0.05) is 19.9 Å². The summed E-state index contributed by atoms with van der Waals surface area (Å²) in [5, 5.41) is 0. The number of fused-ring (bicyclic) bond motifs is 5. The lowest BCUT2D eigenvalue weighted by atomic mass is 9.48. The maximum Gasteiger partial charge on any atom is 0.219 e. The van der Waals surface area contributed by atoms with E-state index in [1.165, 1.54) is 49.7 Å². The molecule has 3 nitrogen and oxygen atoms in total. The van der Waals surface area contributed by atoms with Crippen molar-refractivity contribution in [3.8, 4) is 0 Å². The average Bonchev–Trinajstić information content (AvgIpc) is 3.18. The zero-order chi connectivity index (χ0) is 19.7. The van der Waals surface area contributed by atoms with E-state index < -0.39 is 0 Å². The molecule has 1 saturated heterocycles. The second-order valence-corrected chi connectivity index (χ2v) is 10.5. The van der Waals surface area contributed by atoms with Gasteiger partial charge in [0.05, 0.1) is 0 Å². The summed E-state index contributed by atoms with van der Waals surface area (Å²) in [5.41, 5.74) is 4.76. The van der Waals surface area contributed by atoms with E-state index in [2.05, 4.69) is 49.0 Å². The third-order valence-corrected chi connectivity index (χ3v) is 9.26. The second kappa shape index (κ2) is 6.18. The van der Waals surface area contributed by atoms with E-state index in [4.69, 9.17) is 0 Å². The summed E-state index contributed by atoms with van der Waals surface area (Å²) in [4.78, 5) is 18.9. The summed E-state index contributed by atoms with van der Waals surface area (Å²) < 4.78 is 0. The Morgan fingerprint density at radius 3 is 2.71 bits per heavy atom. The van der Waals surface area contributed by atoms with Gasteiger partial charge in [-0.25, -0.2) is 0 Å². The van der Waals surface area contributed by atoms with Crippen LogP contribution in [-0.2, 0) is 4.79 Å². The normalized spacial score (nSPS) is 41.9. The molecule has 0 N–H and O–H groups in total. The van der Waals surface area contributed by atoms with Crippen LogP contribution in [0.1, 0.15) is 70.4 Å². The van der Waals surface area contributed by atoms with Gasteiger partial charge in [0, 0.05) is 31.9 Å². The molecule has 3 fully saturated rings. The van der Waals surface area contributed by atoms with Crippen LogP contribution in [0.3, 0.4) is 0 Å². The van der Waals surface area contributed by atoms with Gasteiger partial charge in [-0.05, 0) is 96.8 Å². The first-order chi connectivity index (χ1) is 13.3. The highest BCUT2D eigenvalue weighted by molar-refractivity contribution is 5.74. The predicted octanol–water partition coefficient (Wildman–Crippen LogP) is 5.25. The third-order valence-electron chi connectivity index (χ3n) is 9.26. The molecule has 3 aliphatic carbocycles. The summed E-state index contributed by atoms with van der Waals surface area (Å²) in [6.45, 7) is 9.92. The number of amides is 1. The van der Waals surface area contributed by atoms with Gasteiger partial charge in [0.1, 0.15) is 0 Å². The van der Waals surface area contributed by atoms with Crippen molar-refractivity contribution in [3.05, 3.63) is 35.7 Å². The second-order valence-electron chi connectivity index (χ2n) is 10.5. The molecule has 1 aromatic heterocycles. The van der Waals surface area contributed by atoms with Gasteiger partial charge in [0.2, 0.25) is 5.91 Å². The molecule has 0 spiro atoms. The number of nitrogens with zero attached hydrogens (tertiary/aromatic N) is 2. The standard InChI is InChI=1S/C25H34N2O/c1-16-13-18(15-26-14-16)20-6-7-21-19-5-8-23-25(4,11-12-27(23)17(2)28)22(19)9-10-24(20,21)3/h6,13-15,19,21-23H,5,7-12H2,1-4H3. The van der Waals surface area contributed by atoms with Crippen molar-refractivity contribution in [1.29, 1.82) is 0 Å². The molecule has 6 atom stereocenters. The van der Waals surface area contributed by atoms with Crippen LogP contribution in [0.5, 0.6) is 0 Å². The number of pyridine rings is 1. The maximum atomic E-state index is 12.2. The van der Waals surface area contributed by atoms with E-state index in [9.17, 15) is 4.79 Å². The molecular weight excluding hydrogens is 344 g/mol. The van der Waals surface area contributed by atoms with Gasteiger partial charge in [-0.15, -0.1) is 0 Å². The fourth-order valence-electron chi connectivity index (χ4n) is 7.91. The quantitative estimate of drug-likeness (QED) is 0.669. The first kappa shape index (κ1) is 18.4. The molecule has 28 heavy (non-hydrogen) atoms. The van der Waals surface area contributed by atoms with Crippen molar-refractivity contribution >= 4 is 11.5 Å². The number of aromatic nitrogens is 1. The molecule has 1 amide bonds. The lowest BCUT2D eigenvalue weighted by molar-refractivity contribution is -0.134. The molecular formula is C25H34N2O. The van der Waals surface area contributed by atoms with Gasteiger partial charge in [0.15, 0.2) is 0 Å². The number of likely N-dealkylation sites (tertiary alicyclic amines) is 1. The van der Waals surface area contributed by atoms with E-state index in [0.29, 0.717) is 16.9 Å². The topological polar surface area (TPSA) is 33.2 Å². The minimum atomic E-state index is 0.282. The zero-order valence-electron chi connectivity index (χ0n) is 17.9. The van der Waals surface area contributed by atoms with Crippen LogP contribution in [0.2, 0.25) is 0 Å². The molecule has 1 aromatic rings. The third kappa shape index (κ3) is 2.40. The van der Waals surface area contributed by atoms with Crippen LogP contribution in [0.4, 0.5) is 0 Å². The van der Waals surface area contributed by atoms with Crippen LogP contribution in [0.25, 0.3) is 5.57 Å². The molecule has 5 rings (SSSR count). The van der Waals surface area contributed by atoms with Crippen LogP contribution < -0.4 is 0 Å². The first-order valence-corrected chi connectivity index (χ1v) is 11.2. The molecule has 150 valence electrons. The van der Waals surface area contributed by atoms with Crippen molar-refractivity contribution in [3.63, 3.8) is 0 Å². The van der Waals surface area contributed by atoms with Crippen LogP contribution in [0, 0.1) is 35.5 Å². The molecule has 6 unspecified atom stereocenters. The van der Waals surface area contributed by atoms with Gasteiger partial charge >= 0.3 is 0 Å². The molecule has 4 aliphatic rings. The highest BCUT2D eigenvalue weighted by Crippen LogP contribution is 2.66. The van der Waals surface area contributed by atoms with Crippen LogP contribution >= 0.6 is 0 Å². The summed E-state index contributed by atoms with van der Waals surface area (Å²) in [5.74, 6) is 2.62. The molecule has 2 heterocycles. The van der Waals surface area contributed by atoms with Crippen molar-refractivity contribution in [2.45, 2.75) is 72.3 Å². The largest absolute Gasteiger partial charge is 0.339 e. The molecule has 3 heteroatoms. The highest BCUT2D eigenvalue weighted by Gasteiger charge is 2.60. The number of rotatable bonds is 1. The highest BCUT2D eigenvalue weighted by atomic mass is 16.2. The van der Waals surface area contributed by atoms with Gasteiger partial charge < -0.3 is 4.90 Å². The monoisotopic (exact) mass is 378 g/mol. The summed E-state index contributed by atoms with van der Waals surface area (Å²) in [6.07, 6.45) is 14.1. The summed E-state index contributed by atoms with van der Waals surface area (Å²) in [7, 11) is 0. The van der Waals surface area contributed by atoms with Crippen molar-refractivity contribution in [2.24, 2.45) is 28.6 Å². The fraction of sp³-hybridized carbons (Fsp3) is 0.680. The molecule has 0 bridgehead atoms. The van der Waals surface area contributed by atoms with E-state index in [-0.39, 0.29) is 5.91 Å². The Labute approximate surface area is 169 Å². The summed E-state index contributed by atoms with van der Waals surface area (Å²) >= 11 is 0. The van der Waals surface area contributed by atoms with Crippen LogP contribution in [0.15, 0.2) is 24.5 Å². The minimum absolute atomic E-state index is 0.282. The fourth-order valence-corrected chi connectivity index (χ4v) is 7.91. The van der Waals surface area contributed by atoms with E-state index in [1.54, 1.807) is 12.5 Å². The van der Waals surface area contributed by atoms with E-state index in [1.807, 2.05) is 6.20 Å². The predicted molar refractivity (Wildman–Crippen MR) is 113 cm³/mol. The smallest absolute Gasteiger partial charge is 0.219 e. The van der Waals surface area contributed by atoms with Gasteiger partial charge in [-0.3, -0.25) is 9.78 Å². The Kier molecular flexibility index (Phi) is 4.06. The SMILES string of the molecule is CC(=O)N1CCC2(C)C3CCC4(C)C(c5cncc(C)c5)=CCC4C3CCC12. The molecule has 0 radical (unpaired) electrons. The average molecular weight is 379 g/mol. The van der Waals surface area contributed by atoms with E-state index in [0.717, 1.165) is 24.3 Å². The lowest BCUT2D eigenvalue weighted by Gasteiger charge is -2.57. The van der Waals surface area contributed by atoms with Crippen LogP contribution in [-0.4, -0.2) is 28.4 Å². The number of carbonyl (C=O) groups excluding carboxylic acids is 1. The number of aryl methyl sites for hydroxylation is 1. The maximum absolute atomic E-state index is 12.2. The Morgan fingerprint density at radius 2 is 1.96 bits per heavy atom. The number of hydrogen-bond donors (Lipinski definition) is 0. The van der Waals surface area contributed by atoms with Crippen molar-refractivity contribution in [2.75, 3.05) is 6.54 Å². The Balaban J connectivity index is 1.44. The number of allylic oxidation sites excluding steroid dienone is 2. The Morgan fingerprint density at radius 1 is 1.14 bits per heavy atom. The molecule has 0 aromatic carbocycles. The van der Waals surface area contributed by atoms with Crippen molar-refractivity contribution < 1.29 is 4.79 Å². The molecule has 1 aliphatic heterocycles. The lowest BCUT2D eigenvalue weighted by Crippen LogP contribution is -2.54. The van der Waals surface area contributed by atoms with E-state index >= 15 is 0 Å². The summed E-state index contributed by atoms with van der Waals surface area (Å²) in [6, 6.07) is 2.80. The Bertz CT molecular complexity index is 845. The Hall–Kier alpha value is -1.64. The van der Waals surface area contributed by atoms with Gasteiger partial charge in [0.25, 0.3) is 0 Å². The minimum Gasteiger partial charge on any atom is -0.339 e.